The summed E-state index contributed by atoms with van der Waals surface area (Å²) in [6.45, 7) is 0.189. The Bertz CT molecular complexity index is 340. The van der Waals surface area contributed by atoms with Crippen LogP contribution in [-0.4, -0.2) is 41.4 Å². The van der Waals surface area contributed by atoms with Crippen molar-refractivity contribution in [3.63, 3.8) is 0 Å². The van der Waals surface area contributed by atoms with Crippen LogP contribution in [0.2, 0.25) is 0 Å². The van der Waals surface area contributed by atoms with Gasteiger partial charge in [-0.05, 0) is 6.07 Å². The SMILES string of the molecule is CN(C)C(=O)CNc1ccnc(NN)n1. The van der Waals surface area contributed by atoms with E-state index in [9.17, 15) is 4.79 Å². The standard InChI is InChI=1S/C8H14N6O/c1-14(2)7(15)5-11-6-3-4-10-8(12-6)13-9/h3-4H,5,9H2,1-2H3,(H2,10,11,12,13). The topological polar surface area (TPSA) is 96.2 Å². The van der Waals surface area contributed by atoms with Crippen molar-refractivity contribution in [2.24, 2.45) is 5.84 Å². The van der Waals surface area contributed by atoms with Gasteiger partial charge >= 0.3 is 0 Å². The normalized spacial score (nSPS) is 9.53. The Morgan fingerprint density at radius 1 is 1.60 bits per heavy atom. The maximum absolute atomic E-state index is 11.3. The number of likely N-dealkylation sites (N-methyl/N-ethyl adjacent to an activating group) is 1. The van der Waals surface area contributed by atoms with Gasteiger partial charge in [0.1, 0.15) is 5.82 Å². The molecule has 7 nitrogen and oxygen atoms in total. The summed E-state index contributed by atoms with van der Waals surface area (Å²) in [5.74, 6) is 5.97. The lowest BCUT2D eigenvalue weighted by molar-refractivity contribution is -0.126. The van der Waals surface area contributed by atoms with E-state index >= 15 is 0 Å². The number of nitrogen functional groups attached to an aromatic ring is 1. The van der Waals surface area contributed by atoms with Gasteiger partial charge in [0, 0.05) is 20.3 Å². The summed E-state index contributed by atoms with van der Waals surface area (Å²) in [7, 11) is 3.38. The highest BCUT2D eigenvalue weighted by molar-refractivity contribution is 5.80. The van der Waals surface area contributed by atoms with Crippen LogP contribution < -0.4 is 16.6 Å². The highest BCUT2D eigenvalue weighted by atomic mass is 16.2. The minimum atomic E-state index is -0.0316. The lowest BCUT2D eigenvalue weighted by Gasteiger charge is -2.11. The van der Waals surface area contributed by atoms with Gasteiger partial charge in [-0.25, -0.2) is 10.8 Å². The number of anilines is 2. The molecule has 0 bridgehead atoms. The van der Waals surface area contributed by atoms with Crippen molar-refractivity contribution in [3.05, 3.63) is 12.3 Å². The van der Waals surface area contributed by atoms with Gasteiger partial charge in [0.05, 0.1) is 6.54 Å². The first kappa shape index (κ1) is 11.2. The number of nitrogens with two attached hydrogens (primary N) is 1. The molecule has 0 aliphatic heterocycles. The molecular weight excluding hydrogens is 196 g/mol. The molecule has 1 aromatic heterocycles. The first-order valence-electron chi connectivity index (χ1n) is 4.37. The highest BCUT2D eigenvalue weighted by Gasteiger charge is 2.03. The van der Waals surface area contributed by atoms with Crippen molar-refractivity contribution >= 4 is 17.7 Å². The number of nitrogens with zero attached hydrogens (tertiary/aromatic N) is 3. The third kappa shape index (κ3) is 3.39. The number of hydrazine groups is 1. The van der Waals surface area contributed by atoms with Gasteiger partial charge in [-0.1, -0.05) is 0 Å². The van der Waals surface area contributed by atoms with Gasteiger partial charge in [0.15, 0.2) is 0 Å². The molecule has 1 amide bonds. The lowest BCUT2D eigenvalue weighted by Crippen LogP contribution is -2.28. The Morgan fingerprint density at radius 2 is 2.33 bits per heavy atom. The van der Waals surface area contributed by atoms with Crippen molar-refractivity contribution in [1.82, 2.24) is 14.9 Å². The maximum Gasteiger partial charge on any atom is 0.241 e. The molecule has 0 spiro atoms. The van der Waals surface area contributed by atoms with Crippen molar-refractivity contribution in [1.29, 1.82) is 0 Å². The Balaban J connectivity index is 2.54. The van der Waals surface area contributed by atoms with Crippen LogP contribution in [0, 0.1) is 0 Å². The molecule has 0 aromatic carbocycles. The minimum absolute atomic E-state index is 0.0316. The lowest BCUT2D eigenvalue weighted by atomic mass is 10.5. The predicted octanol–water partition coefficient (Wildman–Crippen LogP) is -0.738. The summed E-state index contributed by atoms with van der Waals surface area (Å²) < 4.78 is 0. The van der Waals surface area contributed by atoms with Crippen LogP contribution in [0.5, 0.6) is 0 Å². The molecule has 0 aliphatic carbocycles. The molecule has 0 unspecified atom stereocenters. The van der Waals surface area contributed by atoms with Gasteiger partial charge in [-0.3, -0.25) is 10.2 Å². The average molecular weight is 210 g/mol. The third-order valence-electron chi connectivity index (χ3n) is 1.70. The first-order valence-corrected chi connectivity index (χ1v) is 4.37. The molecule has 0 saturated heterocycles. The van der Waals surface area contributed by atoms with Crippen molar-refractivity contribution in [2.45, 2.75) is 0 Å². The molecular formula is C8H14N6O. The van der Waals surface area contributed by atoms with E-state index in [4.69, 9.17) is 5.84 Å². The van der Waals surface area contributed by atoms with Crippen molar-refractivity contribution < 1.29 is 4.79 Å². The largest absolute Gasteiger partial charge is 0.361 e. The summed E-state index contributed by atoms with van der Waals surface area (Å²) in [6, 6.07) is 1.66. The van der Waals surface area contributed by atoms with E-state index in [-0.39, 0.29) is 12.5 Å². The van der Waals surface area contributed by atoms with Crippen molar-refractivity contribution in [2.75, 3.05) is 31.4 Å². The van der Waals surface area contributed by atoms with Gasteiger partial charge in [-0.15, -0.1) is 0 Å². The van der Waals surface area contributed by atoms with Crippen LogP contribution in [0.25, 0.3) is 0 Å². The molecule has 0 atom stereocenters. The highest BCUT2D eigenvalue weighted by Crippen LogP contribution is 2.03. The number of amides is 1. The first-order chi connectivity index (χ1) is 7.13. The van der Waals surface area contributed by atoms with Gasteiger partial charge in [-0.2, -0.15) is 4.98 Å². The van der Waals surface area contributed by atoms with E-state index in [1.54, 1.807) is 26.4 Å². The fraction of sp³-hybridized carbons (Fsp3) is 0.375. The molecule has 0 radical (unpaired) electrons. The van der Waals surface area contributed by atoms with E-state index in [2.05, 4.69) is 20.7 Å². The number of carbonyl (C=O) groups excluding carboxylic acids is 1. The zero-order valence-electron chi connectivity index (χ0n) is 8.69. The number of nitrogens with one attached hydrogen (secondary N) is 2. The molecule has 0 saturated carbocycles. The van der Waals surface area contributed by atoms with E-state index in [1.807, 2.05) is 0 Å². The summed E-state index contributed by atoms with van der Waals surface area (Å²) in [4.78, 5) is 20.6. The van der Waals surface area contributed by atoms with Crippen LogP contribution in [-0.2, 0) is 4.79 Å². The summed E-state index contributed by atoms with van der Waals surface area (Å²) >= 11 is 0. The predicted molar refractivity (Wildman–Crippen MR) is 57.0 cm³/mol. The second-order valence-electron chi connectivity index (χ2n) is 3.05. The molecule has 1 rings (SSSR count). The van der Waals surface area contributed by atoms with Crippen LogP contribution in [0.4, 0.5) is 11.8 Å². The maximum atomic E-state index is 11.3. The van der Waals surface area contributed by atoms with Crippen LogP contribution in [0.3, 0.4) is 0 Å². The molecule has 4 N–H and O–H groups in total. The van der Waals surface area contributed by atoms with E-state index in [0.717, 1.165) is 0 Å². The Labute approximate surface area is 87.7 Å². The minimum Gasteiger partial charge on any atom is -0.361 e. The zero-order chi connectivity index (χ0) is 11.3. The Hall–Kier alpha value is -1.89. The zero-order valence-corrected chi connectivity index (χ0v) is 8.69. The molecule has 7 heteroatoms. The second kappa shape index (κ2) is 5.11. The molecule has 1 heterocycles. The van der Waals surface area contributed by atoms with Crippen LogP contribution in [0.1, 0.15) is 0 Å². The fourth-order valence-electron chi connectivity index (χ4n) is 0.851. The van der Waals surface area contributed by atoms with Gasteiger partial charge < -0.3 is 10.2 Å². The number of hydrogen-bond donors (Lipinski definition) is 3. The molecule has 1 aromatic rings. The number of aromatic nitrogens is 2. The van der Waals surface area contributed by atoms with Crippen molar-refractivity contribution in [3.8, 4) is 0 Å². The molecule has 0 aliphatic rings. The summed E-state index contributed by atoms with van der Waals surface area (Å²) in [5.41, 5.74) is 2.32. The Kier molecular flexibility index (Phi) is 3.81. The van der Waals surface area contributed by atoms with E-state index in [1.165, 1.54) is 4.90 Å². The average Bonchev–Trinajstić information content (AvgIpc) is 2.26. The van der Waals surface area contributed by atoms with Crippen LogP contribution in [0.15, 0.2) is 12.3 Å². The third-order valence-corrected chi connectivity index (χ3v) is 1.70. The number of carbonyl (C=O) groups is 1. The molecule has 15 heavy (non-hydrogen) atoms. The smallest absolute Gasteiger partial charge is 0.241 e. The van der Waals surface area contributed by atoms with Gasteiger partial charge in [0.2, 0.25) is 11.9 Å². The molecule has 0 fully saturated rings. The quantitative estimate of drug-likeness (QED) is 0.447. The monoisotopic (exact) mass is 210 g/mol. The van der Waals surface area contributed by atoms with E-state index in [0.29, 0.717) is 11.8 Å². The summed E-state index contributed by atoms with van der Waals surface area (Å²) in [5, 5.41) is 2.86. The number of hydrogen-bond acceptors (Lipinski definition) is 6. The number of rotatable bonds is 4. The summed E-state index contributed by atoms with van der Waals surface area (Å²) in [6.07, 6.45) is 1.55. The fourth-order valence-corrected chi connectivity index (χ4v) is 0.851. The van der Waals surface area contributed by atoms with Crippen LogP contribution >= 0.6 is 0 Å². The van der Waals surface area contributed by atoms with Gasteiger partial charge in [0.25, 0.3) is 0 Å². The molecule has 82 valence electrons. The second-order valence-corrected chi connectivity index (χ2v) is 3.05. The Morgan fingerprint density at radius 3 is 2.93 bits per heavy atom. The van der Waals surface area contributed by atoms with E-state index < -0.39 is 0 Å².